The Kier molecular flexibility index (Phi) is 6.43. The first-order chi connectivity index (χ1) is 18.5. The van der Waals surface area contributed by atoms with Crippen LogP contribution in [0.4, 0.5) is 24.8 Å². The number of aromatic nitrogens is 2. The number of amides is 1. The van der Waals surface area contributed by atoms with Crippen molar-refractivity contribution >= 4 is 28.4 Å². The van der Waals surface area contributed by atoms with E-state index >= 15 is 0 Å². The number of phenolic OH excluding ortho intramolecular Hbond substituents is 1. The van der Waals surface area contributed by atoms with Crippen LogP contribution in [0.5, 0.6) is 5.75 Å². The molecule has 4 aromatic carbocycles. The largest absolute Gasteiger partial charge is 0.507 e. The number of nitrogens with two attached hydrogens (primary N) is 1. The number of nitrogen functional groups attached to an aromatic ring is 1. The maximum atomic E-state index is 13.1. The molecule has 1 aromatic heterocycles. The molecule has 0 unspecified atom stereocenters. The maximum Gasteiger partial charge on any atom is 0.416 e. The van der Waals surface area contributed by atoms with Crippen molar-refractivity contribution in [1.82, 2.24) is 9.97 Å². The van der Waals surface area contributed by atoms with Gasteiger partial charge in [-0.3, -0.25) is 4.79 Å². The van der Waals surface area contributed by atoms with E-state index in [1.54, 1.807) is 30.5 Å². The van der Waals surface area contributed by atoms with Crippen LogP contribution in [0.15, 0.2) is 79.0 Å². The van der Waals surface area contributed by atoms with Gasteiger partial charge < -0.3 is 16.2 Å². The van der Waals surface area contributed by atoms with E-state index in [1.807, 2.05) is 38.1 Å². The standard InChI is InChI=1S/C30H23F3N4O2/c1-16-5-3-6-18(11-16)25-26-20(15-35-29(34)37-26)13-24(27(25)38)23-12-19(10-9-17(23)2)28(39)36-22-8-4-7-21(14-22)30(31,32)33/h3-15,38H,1-2H3,(H,36,39)(H2,34,35,37). The minimum Gasteiger partial charge on any atom is -0.507 e. The number of aromatic hydroxyl groups is 1. The fraction of sp³-hybridized carbons (Fsp3) is 0.100. The molecule has 0 bridgehead atoms. The molecule has 5 aromatic rings. The van der Waals surface area contributed by atoms with Crippen molar-refractivity contribution in [3.8, 4) is 28.0 Å². The van der Waals surface area contributed by atoms with Gasteiger partial charge in [0.25, 0.3) is 5.91 Å². The summed E-state index contributed by atoms with van der Waals surface area (Å²) in [6.45, 7) is 3.77. The van der Waals surface area contributed by atoms with E-state index in [0.717, 1.165) is 28.8 Å². The highest BCUT2D eigenvalue weighted by atomic mass is 19.4. The van der Waals surface area contributed by atoms with Crippen LogP contribution in [0.25, 0.3) is 33.2 Å². The Balaban J connectivity index is 1.62. The molecule has 1 amide bonds. The van der Waals surface area contributed by atoms with Gasteiger partial charge in [-0.25, -0.2) is 9.97 Å². The van der Waals surface area contributed by atoms with Crippen molar-refractivity contribution in [2.75, 3.05) is 11.1 Å². The fourth-order valence-electron chi connectivity index (χ4n) is 4.49. The van der Waals surface area contributed by atoms with Crippen LogP contribution in [0.2, 0.25) is 0 Å². The number of carbonyl (C=O) groups is 1. The van der Waals surface area contributed by atoms with Crippen molar-refractivity contribution in [2.24, 2.45) is 0 Å². The molecule has 5 rings (SSSR count). The lowest BCUT2D eigenvalue weighted by Crippen LogP contribution is -2.13. The van der Waals surface area contributed by atoms with Crippen LogP contribution in [0.1, 0.15) is 27.0 Å². The number of hydrogen-bond acceptors (Lipinski definition) is 5. The van der Waals surface area contributed by atoms with E-state index in [2.05, 4.69) is 15.3 Å². The van der Waals surface area contributed by atoms with Gasteiger partial charge in [-0.15, -0.1) is 0 Å². The predicted octanol–water partition coefficient (Wildman–Crippen LogP) is 7.14. The Morgan fingerprint density at radius 2 is 1.72 bits per heavy atom. The number of hydrogen-bond donors (Lipinski definition) is 3. The van der Waals surface area contributed by atoms with Gasteiger partial charge >= 0.3 is 6.18 Å². The number of anilines is 2. The molecule has 0 aliphatic heterocycles. The summed E-state index contributed by atoms with van der Waals surface area (Å²) in [5.74, 6) is -0.580. The third-order valence-corrected chi connectivity index (χ3v) is 6.41. The molecule has 0 spiro atoms. The molecule has 9 heteroatoms. The van der Waals surface area contributed by atoms with E-state index in [1.165, 1.54) is 12.1 Å². The lowest BCUT2D eigenvalue weighted by atomic mass is 9.91. The molecule has 0 fully saturated rings. The van der Waals surface area contributed by atoms with E-state index in [0.29, 0.717) is 27.6 Å². The number of phenols is 1. The average molecular weight is 529 g/mol. The number of halogens is 3. The summed E-state index contributed by atoms with van der Waals surface area (Å²) in [5, 5.41) is 14.7. The molecule has 0 aliphatic rings. The van der Waals surface area contributed by atoms with Crippen molar-refractivity contribution in [1.29, 1.82) is 0 Å². The number of benzene rings is 4. The second-order valence-corrected chi connectivity index (χ2v) is 9.25. The van der Waals surface area contributed by atoms with Gasteiger partial charge in [-0.1, -0.05) is 42.0 Å². The zero-order valence-corrected chi connectivity index (χ0v) is 21.0. The SMILES string of the molecule is Cc1cccc(-c2c(O)c(-c3cc(C(=O)Nc4cccc(C(F)(F)F)c4)ccc3C)cc3cnc(N)nc23)c1. The van der Waals surface area contributed by atoms with Gasteiger partial charge in [0.2, 0.25) is 5.95 Å². The van der Waals surface area contributed by atoms with Crippen LogP contribution in [0, 0.1) is 13.8 Å². The number of nitrogens with one attached hydrogen (secondary N) is 1. The van der Waals surface area contributed by atoms with E-state index < -0.39 is 17.6 Å². The summed E-state index contributed by atoms with van der Waals surface area (Å²) in [6, 6.07) is 18.6. The summed E-state index contributed by atoms with van der Waals surface area (Å²) in [6.07, 6.45) is -2.96. The third-order valence-electron chi connectivity index (χ3n) is 6.41. The zero-order valence-electron chi connectivity index (χ0n) is 21.0. The van der Waals surface area contributed by atoms with Crippen molar-refractivity contribution in [3.05, 3.63) is 101 Å². The summed E-state index contributed by atoms with van der Waals surface area (Å²) in [4.78, 5) is 21.5. The molecular formula is C30H23F3N4O2. The minimum atomic E-state index is -4.53. The molecule has 39 heavy (non-hydrogen) atoms. The highest BCUT2D eigenvalue weighted by Gasteiger charge is 2.30. The van der Waals surface area contributed by atoms with Crippen molar-refractivity contribution in [2.45, 2.75) is 20.0 Å². The summed E-state index contributed by atoms with van der Waals surface area (Å²) in [7, 11) is 0. The molecular weight excluding hydrogens is 505 g/mol. The Bertz CT molecular complexity index is 1750. The number of rotatable bonds is 4. The van der Waals surface area contributed by atoms with Gasteiger partial charge in [0.15, 0.2) is 0 Å². The maximum absolute atomic E-state index is 13.1. The normalized spacial score (nSPS) is 11.5. The molecule has 1 heterocycles. The van der Waals surface area contributed by atoms with Gasteiger partial charge in [-0.05, 0) is 66.9 Å². The first-order valence-electron chi connectivity index (χ1n) is 12.0. The number of aryl methyl sites for hydroxylation is 2. The number of nitrogens with zero attached hydrogens (tertiary/aromatic N) is 2. The third kappa shape index (κ3) is 5.11. The molecule has 0 saturated heterocycles. The summed E-state index contributed by atoms with van der Waals surface area (Å²) < 4.78 is 39.3. The quantitative estimate of drug-likeness (QED) is 0.230. The van der Waals surface area contributed by atoms with E-state index in [4.69, 9.17) is 5.73 Å². The monoisotopic (exact) mass is 528 g/mol. The zero-order chi connectivity index (χ0) is 27.9. The van der Waals surface area contributed by atoms with E-state index in [9.17, 15) is 23.1 Å². The van der Waals surface area contributed by atoms with Gasteiger partial charge in [0, 0.05) is 28.4 Å². The lowest BCUT2D eigenvalue weighted by Gasteiger charge is -2.16. The van der Waals surface area contributed by atoms with Crippen LogP contribution < -0.4 is 11.1 Å². The first kappa shape index (κ1) is 25.7. The molecule has 0 saturated carbocycles. The number of alkyl halides is 3. The molecule has 0 radical (unpaired) electrons. The molecule has 0 aliphatic carbocycles. The first-order valence-corrected chi connectivity index (χ1v) is 12.0. The van der Waals surface area contributed by atoms with Gasteiger partial charge in [-0.2, -0.15) is 13.2 Å². The Morgan fingerprint density at radius 1 is 0.949 bits per heavy atom. The predicted molar refractivity (Wildman–Crippen MR) is 145 cm³/mol. The van der Waals surface area contributed by atoms with Crippen LogP contribution in [-0.2, 0) is 6.18 Å². The smallest absolute Gasteiger partial charge is 0.416 e. The molecule has 0 atom stereocenters. The topological polar surface area (TPSA) is 101 Å². The van der Waals surface area contributed by atoms with Crippen molar-refractivity contribution in [3.63, 3.8) is 0 Å². The number of fused-ring (bicyclic) bond motifs is 1. The Labute approximate surface area is 222 Å². The fourth-order valence-corrected chi connectivity index (χ4v) is 4.49. The van der Waals surface area contributed by atoms with E-state index in [-0.39, 0.29) is 22.9 Å². The Hall–Kier alpha value is -4.92. The molecule has 196 valence electrons. The Morgan fingerprint density at radius 3 is 2.46 bits per heavy atom. The van der Waals surface area contributed by atoms with Crippen LogP contribution >= 0.6 is 0 Å². The summed E-state index contributed by atoms with van der Waals surface area (Å²) >= 11 is 0. The molecule has 4 N–H and O–H groups in total. The lowest BCUT2D eigenvalue weighted by molar-refractivity contribution is -0.137. The second kappa shape index (κ2) is 9.75. The van der Waals surface area contributed by atoms with Gasteiger partial charge in [0.05, 0.1) is 16.6 Å². The summed E-state index contributed by atoms with van der Waals surface area (Å²) in [5.41, 5.74) is 9.66. The van der Waals surface area contributed by atoms with Crippen LogP contribution in [0.3, 0.4) is 0 Å². The highest BCUT2D eigenvalue weighted by Crippen LogP contribution is 2.44. The van der Waals surface area contributed by atoms with Crippen molar-refractivity contribution < 1.29 is 23.1 Å². The van der Waals surface area contributed by atoms with Crippen LogP contribution in [-0.4, -0.2) is 21.0 Å². The minimum absolute atomic E-state index is 0.0157. The molecule has 6 nitrogen and oxygen atoms in total. The highest BCUT2D eigenvalue weighted by molar-refractivity contribution is 6.06. The van der Waals surface area contributed by atoms with Gasteiger partial charge in [0.1, 0.15) is 5.75 Å². The average Bonchev–Trinajstić information content (AvgIpc) is 2.88. The number of carbonyl (C=O) groups excluding carboxylic acids is 1. The second-order valence-electron chi connectivity index (χ2n) is 9.25.